The van der Waals surface area contributed by atoms with Crippen LogP contribution >= 0.6 is 0 Å². The zero-order chi connectivity index (χ0) is 12.8. The lowest BCUT2D eigenvalue weighted by Gasteiger charge is -2.15. The average molecular weight is 237 g/mol. The minimum atomic E-state index is -0.871. The van der Waals surface area contributed by atoms with Crippen LogP contribution in [0.4, 0.5) is 0 Å². The highest BCUT2D eigenvalue weighted by Crippen LogP contribution is 2.19. The van der Waals surface area contributed by atoms with Gasteiger partial charge in [0.15, 0.2) is 0 Å². The maximum absolute atomic E-state index is 11.1. The molecule has 0 aliphatic carbocycles. The summed E-state index contributed by atoms with van der Waals surface area (Å²) in [4.78, 5) is 11.1. The van der Waals surface area contributed by atoms with E-state index in [9.17, 15) is 4.79 Å². The molecule has 94 valence electrons. The molecule has 4 nitrogen and oxygen atoms in total. The van der Waals surface area contributed by atoms with Crippen LogP contribution < -0.4 is 10.1 Å². The number of rotatable bonds is 6. The highest BCUT2D eigenvalue weighted by molar-refractivity contribution is 5.75. The Kier molecular flexibility index (Phi) is 4.97. The molecule has 1 rings (SSSR count). The van der Waals surface area contributed by atoms with E-state index in [1.165, 1.54) is 0 Å². The fourth-order valence-corrected chi connectivity index (χ4v) is 1.56. The molecule has 0 aromatic heterocycles. The van der Waals surface area contributed by atoms with Crippen molar-refractivity contribution in [2.24, 2.45) is 0 Å². The van der Waals surface area contributed by atoms with Crippen molar-refractivity contribution in [3.05, 3.63) is 29.8 Å². The minimum absolute atomic E-state index is 0.116. The van der Waals surface area contributed by atoms with E-state index in [0.29, 0.717) is 6.54 Å². The summed E-state index contributed by atoms with van der Waals surface area (Å²) < 4.78 is 5.50. The molecule has 17 heavy (non-hydrogen) atoms. The van der Waals surface area contributed by atoms with Gasteiger partial charge in [0.1, 0.15) is 11.8 Å². The topological polar surface area (TPSA) is 58.6 Å². The first-order valence-electron chi connectivity index (χ1n) is 5.77. The molecule has 4 heteroatoms. The molecule has 0 radical (unpaired) electrons. The minimum Gasteiger partial charge on any atom is -0.491 e. The van der Waals surface area contributed by atoms with Crippen LogP contribution in [-0.4, -0.2) is 23.7 Å². The number of hydrogen-bond acceptors (Lipinski definition) is 3. The zero-order valence-electron chi connectivity index (χ0n) is 10.4. The highest BCUT2D eigenvalue weighted by Gasteiger charge is 2.17. The first-order valence-corrected chi connectivity index (χ1v) is 5.77. The molecule has 0 spiro atoms. The molecule has 1 aromatic rings. The van der Waals surface area contributed by atoms with Crippen LogP contribution in [0, 0.1) is 0 Å². The van der Waals surface area contributed by atoms with Gasteiger partial charge in [-0.25, -0.2) is 0 Å². The van der Waals surface area contributed by atoms with Crippen LogP contribution in [-0.2, 0) is 4.79 Å². The second kappa shape index (κ2) is 6.25. The van der Waals surface area contributed by atoms with Crippen molar-refractivity contribution in [2.75, 3.05) is 6.54 Å². The molecule has 0 saturated carbocycles. The molecular formula is C13H19NO3. The Hall–Kier alpha value is -1.55. The Morgan fingerprint density at radius 2 is 1.94 bits per heavy atom. The van der Waals surface area contributed by atoms with Gasteiger partial charge in [0.2, 0.25) is 0 Å². The van der Waals surface area contributed by atoms with Crippen molar-refractivity contribution in [1.29, 1.82) is 0 Å². The molecule has 1 aromatic carbocycles. The van der Waals surface area contributed by atoms with Gasteiger partial charge in [-0.1, -0.05) is 19.1 Å². The quantitative estimate of drug-likeness (QED) is 0.796. The molecule has 1 atom stereocenters. The largest absolute Gasteiger partial charge is 0.491 e. The molecule has 1 unspecified atom stereocenters. The Morgan fingerprint density at radius 3 is 2.35 bits per heavy atom. The number of aliphatic carboxylic acids is 1. The number of carbonyl (C=O) groups is 1. The van der Waals surface area contributed by atoms with E-state index in [1.807, 2.05) is 20.8 Å². The van der Waals surface area contributed by atoms with Gasteiger partial charge in [0.05, 0.1) is 6.10 Å². The van der Waals surface area contributed by atoms with Crippen molar-refractivity contribution >= 4 is 5.97 Å². The fourth-order valence-electron chi connectivity index (χ4n) is 1.56. The van der Waals surface area contributed by atoms with E-state index in [0.717, 1.165) is 11.3 Å². The molecule has 0 saturated heterocycles. The number of likely N-dealkylation sites (N-methyl/N-ethyl adjacent to an activating group) is 1. The molecule has 0 heterocycles. The second-order valence-corrected chi connectivity index (χ2v) is 4.06. The summed E-state index contributed by atoms with van der Waals surface area (Å²) in [5, 5.41) is 12.0. The lowest BCUT2D eigenvalue weighted by atomic mass is 10.1. The van der Waals surface area contributed by atoms with Gasteiger partial charge in [-0.05, 0) is 38.1 Å². The van der Waals surface area contributed by atoms with Crippen molar-refractivity contribution < 1.29 is 14.6 Å². The third-order valence-electron chi connectivity index (χ3n) is 2.24. The van der Waals surface area contributed by atoms with Gasteiger partial charge in [-0.15, -0.1) is 0 Å². The van der Waals surface area contributed by atoms with Gasteiger partial charge >= 0.3 is 5.97 Å². The SMILES string of the molecule is CCNC(C(=O)O)c1ccc(OC(C)C)cc1. The fraction of sp³-hybridized carbons (Fsp3) is 0.462. The molecule has 2 N–H and O–H groups in total. The van der Waals surface area contributed by atoms with E-state index < -0.39 is 12.0 Å². The van der Waals surface area contributed by atoms with Crippen molar-refractivity contribution in [3.63, 3.8) is 0 Å². The lowest BCUT2D eigenvalue weighted by molar-refractivity contribution is -0.139. The smallest absolute Gasteiger partial charge is 0.325 e. The van der Waals surface area contributed by atoms with Gasteiger partial charge in [0.25, 0.3) is 0 Å². The average Bonchev–Trinajstić information content (AvgIpc) is 2.26. The van der Waals surface area contributed by atoms with Crippen LogP contribution in [0.5, 0.6) is 5.75 Å². The van der Waals surface area contributed by atoms with Gasteiger partial charge in [-0.2, -0.15) is 0 Å². The van der Waals surface area contributed by atoms with E-state index in [2.05, 4.69) is 5.32 Å². The Bertz CT molecular complexity index is 359. The predicted octanol–water partition coefficient (Wildman–Crippen LogP) is 2.21. The molecule has 0 fully saturated rings. The summed E-state index contributed by atoms with van der Waals surface area (Å²) in [7, 11) is 0. The third kappa shape index (κ3) is 4.07. The number of ether oxygens (including phenoxy) is 1. The maximum atomic E-state index is 11.1. The molecule has 0 amide bonds. The Labute approximate surface area is 102 Å². The molecule has 0 aliphatic heterocycles. The van der Waals surface area contributed by atoms with Crippen molar-refractivity contribution in [1.82, 2.24) is 5.32 Å². The number of hydrogen-bond donors (Lipinski definition) is 2. The number of nitrogens with one attached hydrogen (secondary N) is 1. The molecule has 0 bridgehead atoms. The summed E-state index contributed by atoms with van der Waals surface area (Å²) in [6, 6.07) is 6.48. The Morgan fingerprint density at radius 1 is 1.35 bits per heavy atom. The normalized spacial score (nSPS) is 12.5. The summed E-state index contributed by atoms with van der Waals surface area (Å²) in [6.45, 7) is 6.40. The van der Waals surface area contributed by atoms with Crippen LogP contribution in [0.25, 0.3) is 0 Å². The van der Waals surface area contributed by atoms with Gasteiger partial charge in [-0.3, -0.25) is 4.79 Å². The summed E-state index contributed by atoms with van der Waals surface area (Å²) in [5.41, 5.74) is 0.732. The van der Waals surface area contributed by atoms with Crippen molar-refractivity contribution in [2.45, 2.75) is 32.9 Å². The van der Waals surface area contributed by atoms with Crippen LogP contribution in [0.15, 0.2) is 24.3 Å². The summed E-state index contributed by atoms with van der Waals surface area (Å²) in [5.74, 6) is -0.117. The molecule has 0 aliphatic rings. The summed E-state index contributed by atoms with van der Waals surface area (Å²) >= 11 is 0. The predicted molar refractivity (Wildman–Crippen MR) is 66.3 cm³/mol. The third-order valence-corrected chi connectivity index (χ3v) is 2.24. The van der Waals surface area contributed by atoms with E-state index in [4.69, 9.17) is 9.84 Å². The van der Waals surface area contributed by atoms with E-state index >= 15 is 0 Å². The Balaban J connectivity index is 2.80. The highest BCUT2D eigenvalue weighted by atomic mass is 16.5. The van der Waals surface area contributed by atoms with E-state index in [-0.39, 0.29) is 6.10 Å². The second-order valence-electron chi connectivity index (χ2n) is 4.06. The monoisotopic (exact) mass is 237 g/mol. The first kappa shape index (κ1) is 13.5. The zero-order valence-corrected chi connectivity index (χ0v) is 10.4. The number of carboxylic acid groups (broad SMARTS) is 1. The van der Waals surface area contributed by atoms with Gasteiger partial charge in [0, 0.05) is 0 Å². The van der Waals surface area contributed by atoms with Gasteiger partial charge < -0.3 is 15.2 Å². The number of benzene rings is 1. The van der Waals surface area contributed by atoms with Crippen LogP contribution in [0.3, 0.4) is 0 Å². The standard InChI is InChI=1S/C13H19NO3/c1-4-14-12(13(15)16)10-5-7-11(8-6-10)17-9(2)3/h5-9,12,14H,4H2,1-3H3,(H,15,16). The maximum Gasteiger partial charge on any atom is 0.325 e. The van der Waals surface area contributed by atoms with Crippen molar-refractivity contribution in [3.8, 4) is 5.75 Å². The van der Waals surface area contributed by atoms with E-state index in [1.54, 1.807) is 24.3 Å². The van der Waals surface area contributed by atoms with Crippen LogP contribution in [0.1, 0.15) is 32.4 Å². The molecular weight excluding hydrogens is 218 g/mol. The van der Waals surface area contributed by atoms with Crippen LogP contribution in [0.2, 0.25) is 0 Å². The number of carboxylic acids is 1. The lowest BCUT2D eigenvalue weighted by Crippen LogP contribution is -2.28. The summed E-state index contributed by atoms with van der Waals surface area (Å²) in [6.07, 6.45) is 0.116. The first-order chi connectivity index (χ1) is 8.04.